The zero-order chi connectivity index (χ0) is 27.9. The molecule has 0 amide bonds. The molecule has 2 aromatic carbocycles. The van der Waals surface area contributed by atoms with Gasteiger partial charge in [0.25, 0.3) is 0 Å². The summed E-state index contributed by atoms with van der Waals surface area (Å²) in [6, 6.07) is 12.0. The lowest BCUT2D eigenvalue weighted by Crippen LogP contribution is -2.33. The zero-order valence-electron chi connectivity index (χ0n) is 21.8. The Morgan fingerprint density at radius 1 is 1.20 bits per heavy atom. The van der Waals surface area contributed by atoms with Crippen LogP contribution in [0.25, 0.3) is 21.9 Å². The topological polar surface area (TPSA) is 167 Å². The predicted molar refractivity (Wildman–Crippen MR) is 151 cm³/mol. The van der Waals surface area contributed by atoms with Crippen molar-refractivity contribution in [2.24, 2.45) is 5.92 Å². The molecule has 1 saturated carbocycles. The third-order valence-corrected chi connectivity index (χ3v) is 8.64. The normalized spacial score (nSPS) is 20.9. The van der Waals surface area contributed by atoms with Crippen molar-refractivity contribution < 1.29 is 23.5 Å². The first-order valence-corrected chi connectivity index (χ1v) is 14.7. The summed E-state index contributed by atoms with van der Waals surface area (Å²) >= 11 is 0. The van der Waals surface area contributed by atoms with Crippen LogP contribution in [0.2, 0.25) is 0 Å². The van der Waals surface area contributed by atoms with Crippen LogP contribution in [-0.4, -0.2) is 49.3 Å². The highest BCUT2D eigenvalue weighted by atomic mass is 31.2. The van der Waals surface area contributed by atoms with Crippen LogP contribution in [-0.2, 0) is 13.9 Å². The number of imidazole rings is 1. The molecule has 2 aromatic heterocycles. The number of carbonyl (C=O) groups is 1. The van der Waals surface area contributed by atoms with Gasteiger partial charge >= 0.3 is 13.7 Å². The molecule has 2 unspecified atom stereocenters. The van der Waals surface area contributed by atoms with Gasteiger partial charge in [-0.3, -0.25) is 9.32 Å². The average Bonchev–Trinajstić information content (AvgIpc) is 3.44. The van der Waals surface area contributed by atoms with Crippen LogP contribution in [0.1, 0.15) is 32.2 Å². The second-order valence-electron chi connectivity index (χ2n) is 10.2. The number of hydrogen-bond acceptors (Lipinski definition) is 9. The molecule has 0 radical (unpaired) electrons. The lowest BCUT2D eigenvalue weighted by atomic mass is 10.1. The maximum Gasteiger partial charge on any atom is 0.459 e. The maximum absolute atomic E-state index is 13.9. The van der Waals surface area contributed by atoms with Crippen molar-refractivity contribution in [1.29, 1.82) is 0 Å². The fourth-order valence-corrected chi connectivity index (χ4v) is 6.33. The standard InChI is InChI=1S/C27H30N7O5P/c1-16(26(35)36)33-40(37,39-22-8-4-6-18-5-2-3-7-21(18)22)38-14-17-9-12-20(13-17)34-15-29-23-24(30-19-10-11-19)31-27(28)32-25(23)34/h2-9,12,15-17,19-20H,10-11,13-14H2,1H3,(H,33,37)(H,35,36)(H3,28,30,31,32)/t16?,17-,20+,40?/m1/s1. The number of aliphatic carboxylic acids is 1. The van der Waals surface area contributed by atoms with Crippen LogP contribution in [0.5, 0.6) is 5.75 Å². The lowest BCUT2D eigenvalue weighted by Gasteiger charge is -2.24. The molecule has 13 heteroatoms. The molecule has 4 aromatic rings. The minimum absolute atomic E-state index is 0.0482. The SMILES string of the molecule is CC(NP(=O)(OC[C@@H]1C=C[C@H](n2cnc3c(NC4CC4)nc(N)nc32)C1)Oc1cccc2ccccc12)C(=O)O. The molecule has 6 rings (SSSR count). The summed E-state index contributed by atoms with van der Waals surface area (Å²) in [5, 5.41) is 17.0. The molecule has 2 aliphatic rings. The van der Waals surface area contributed by atoms with Crippen molar-refractivity contribution >= 4 is 47.4 Å². The second-order valence-corrected chi connectivity index (χ2v) is 11.9. The summed E-state index contributed by atoms with van der Waals surface area (Å²) in [5.74, 6) is -0.142. The highest BCUT2D eigenvalue weighted by Gasteiger charge is 2.34. The van der Waals surface area contributed by atoms with Crippen molar-refractivity contribution in [2.45, 2.75) is 44.3 Å². The first-order chi connectivity index (χ1) is 19.3. The van der Waals surface area contributed by atoms with Gasteiger partial charge in [-0.2, -0.15) is 15.1 Å². The van der Waals surface area contributed by atoms with Gasteiger partial charge in [0, 0.05) is 17.3 Å². The van der Waals surface area contributed by atoms with Crippen molar-refractivity contribution in [3.8, 4) is 5.75 Å². The Morgan fingerprint density at radius 2 is 2.00 bits per heavy atom. The zero-order valence-corrected chi connectivity index (χ0v) is 22.7. The Kier molecular flexibility index (Phi) is 6.91. The summed E-state index contributed by atoms with van der Waals surface area (Å²) in [5.41, 5.74) is 7.29. The number of hydrogen-bond donors (Lipinski definition) is 4. The number of carboxylic acids is 1. The highest BCUT2D eigenvalue weighted by Crippen LogP contribution is 2.48. The van der Waals surface area contributed by atoms with Gasteiger partial charge in [-0.1, -0.05) is 48.6 Å². The van der Waals surface area contributed by atoms with E-state index in [2.05, 4.69) is 25.4 Å². The third kappa shape index (κ3) is 5.51. The maximum atomic E-state index is 13.9. The van der Waals surface area contributed by atoms with Gasteiger partial charge in [-0.15, -0.1) is 0 Å². The smallest absolute Gasteiger partial charge is 0.459 e. The van der Waals surface area contributed by atoms with Crippen LogP contribution in [0, 0.1) is 5.92 Å². The molecule has 2 aliphatic carbocycles. The molecule has 0 saturated heterocycles. The van der Waals surface area contributed by atoms with Crippen molar-refractivity contribution in [2.75, 3.05) is 17.7 Å². The van der Waals surface area contributed by atoms with Crippen LogP contribution in [0.3, 0.4) is 0 Å². The van der Waals surface area contributed by atoms with Crippen LogP contribution < -0.4 is 20.7 Å². The summed E-state index contributed by atoms with van der Waals surface area (Å²) in [4.78, 5) is 24.9. The van der Waals surface area contributed by atoms with Crippen LogP contribution in [0.4, 0.5) is 11.8 Å². The monoisotopic (exact) mass is 563 g/mol. The number of nitrogens with one attached hydrogen (secondary N) is 2. The quantitative estimate of drug-likeness (QED) is 0.150. The number of carboxylic acid groups (broad SMARTS) is 1. The minimum Gasteiger partial charge on any atom is -0.480 e. The molecule has 0 aliphatic heterocycles. The minimum atomic E-state index is -4.08. The van der Waals surface area contributed by atoms with E-state index in [1.165, 1.54) is 6.92 Å². The molecule has 12 nitrogen and oxygen atoms in total. The van der Waals surface area contributed by atoms with Gasteiger partial charge in [0.2, 0.25) is 5.95 Å². The van der Waals surface area contributed by atoms with Gasteiger partial charge < -0.3 is 25.2 Å². The van der Waals surface area contributed by atoms with Gasteiger partial charge in [0.1, 0.15) is 11.8 Å². The first-order valence-electron chi connectivity index (χ1n) is 13.2. The average molecular weight is 564 g/mol. The fraction of sp³-hybridized carbons (Fsp3) is 0.333. The number of fused-ring (bicyclic) bond motifs is 2. The number of rotatable bonds is 11. The fourth-order valence-electron chi connectivity index (χ4n) is 4.76. The molecule has 4 atom stereocenters. The van der Waals surface area contributed by atoms with E-state index in [0.717, 1.165) is 23.6 Å². The molecule has 0 spiro atoms. The van der Waals surface area contributed by atoms with Crippen molar-refractivity contribution in [3.63, 3.8) is 0 Å². The number of anilines is 2. The Bertz CT molecular complexity index is 1650. The van der Waals surface area contributed by atoms with E-state index in [0.29, 0.717) is 35.2 Å². The van der Waals surface area contributed by atoms with E-state index in [1.807, 2.05) is 47.1 Å². The van der Waals surface area contributed by atoms with E-state index in [-0.39, 0.29) is 24.5 Å². The van der Waals surface area contributed by atoms with E-state index in [4.69, 9.17) is 14.8 Å². The Balaban J connectivity index is 1.18. The molecule has 0 bridgehead atoms. The number of nitrogen functional groups attached to an aromatic ring is 1. The summed E-state index contributed by atoms with van der Waals surface area (Å²) in [6.07, 6.45) is 8.53. The van der Waals surface area contributed by atoms with E-state index in [1.54, 1.807) is 18.5 Å². The molecule has 1 fully saturated rings. The molecular formula is C27H30N7O5P. The Labute approximate surface area is 230 Å². The Morgan fingerprint density at radius 3 is 2.80 bits per heavy atom. The number of allylic oxidation sites excluding steroid dienone is 1. The largest absolute Gasteiger partial charge is 0.480 e. The van der Waals surface area contributed by atoms with Gasteiger partial charge in [0.15, 0.2) is 17.0 Å². The van der Waals surface area contributed by atoms with E-state index in [9.17, 15) is 14.5 Å². The summed E-state index contributed by atoms with van der Waals surface area (Å²) in [6.45, 7) is 1.44. The highest BCUT2D eigenvalue weighted by molar-refractivity contribution is 7.52. The first kappa shape index (κ1) is 26.2. The van der Waals surface area contributed by atoms with Gasteiger partial charge in [0.05, 0.1) is 19.0 Å². The third-order valence-electron chi connectivity index (χ3n) is 7.01. The number of nitrogens with two attached hydrogens (primary N) is 1. The van der Waals surface area contributed by atoms with E-state index >= 15 is 0 Å². The Hall–Kier alpha value is -3.99. The summed E-state index contributed by atoms with van der Waals surface area (Å²) < 4.78 is 27.6. The van der Waals surface area contributed by atoms with Crippen LogP contribution in [0.15, 0.2) is 60.9 Å². The second kappa shape index (κ2) is 10.5. The molecule has 2 heterocycles. The number of aromatic nitrogens is 4. The van der Waals surface area contributed by atoms with Gasteiger partial charge in [-0.05, 0) is 37.6 Å². The molecule has 40 heavy (non-hydrogen) atoms. The van der Waals surface area contributed by atoms with Gasteiger partial charge in [-0.25, -0.2) is 9.55 Å². The van der Waals surface area contributed by atoms with E-state index < -0.39 is 19.8 Å². The van der Waals surface area contributed by atoms with Crippen molar-refractivity contribution in [3.05, 3.63) is 60.9 Å². The number of nitrogens with zero attached hydrogens (tertiary/aromatic N) is 4. The molecular weight excluding hydrogens is 533 g/mol. The molecule has 5 N–H and O–H groups in total. The predicted octanol–water partition coefficient (Wildman–Crippen LogP) is 4.52. The molecule has 208 valence electrons. The van der Waals surface area contributed by atoms with Crippen molar-refractivity contribution in [1.82, 2.24) is 24.6 Å². The summed E-state index contributed by atoms with van der Waals surface area (Å²) in [7, 11) is -4.08. The lowest BCUT2D eigenvalue weighted by molar-refractivity contribution is -0.138. The number of benzene rings is 2. The van der Waals surface area contributed by atoms with Crippen LogP contribution >= 0.6 is 7.75 Å².